The number of halogens is 3. The van der Waals surface area contributed by atoms with Crippen molar-refractivity contribution in [2.75, 3.05) is 0 Å². The van der Waals surface area contributed by atoms with Crippen molar-refractivity contribution in [3.8, 4) is 0 Å². The Morgan fingerprint density at radius 1 is 0.395 bits per heavy atom. The second-order valence-electron chi connectivity index (χ2n) is 8.79. The van der Waals surface area contributed by atoms with Crippen LogP contribution >= 0.6 is 67.8 Å². The molecule has 0 amide bonds. The molecule has 6 rings (SSSR count). The van der Waals surface area contributed by atoms with Crippen LogP contribution in [-0.4, -0.2) is 35.3 Å². The Bertz CT molecular complexity index is 1730. The minimum atomic E-state index is -1.13. The summed E-state index contributed by atoms with van der Waals surface area (Å²) in [5, 5.41) is 37.6. The van der Waals surface area contributed by atoms with Crippen LogP contribution in [-0.2, 0) is 0 Å². The van der Waals surface area contributed by atoms with Crippen molar-refractivity contribution in [1.29, 1.82) is 0 Å². The molecule has 210 valence electrons. The predicted molar refractivity (Wildman–Crippen MR) is 189 cm³/mol. The van der Waals surface area contributed by atoms with Gasteiger partial charge in [0, 0.05) is 43.6 Å². The fourth-order valence-corrected chi connectivity index (χ4v) is 6.82. The van der Waals surface area contributed by atoms with Gasteiger partial charge >= 0.3 is 17.4 Å². The smallest absolute Gasteiger partial charge is 0.545 e. The van der Waals surface area contributed by atoms with Crippen LogP contribution in [0.2, 0.25) is 0 Å². The molecular weight excluding hydrogens is 900 g/mol. The average molecular weight is 918 g/mol. The first-order valence-electron chi connectivity index (χ1n) is 12.3. The van der Waals surface area contributed by atoms with Gasteiger partial charge in [-0.25, -0.2) is 0 Å². The van der Waals surface area contributed by atoms with Gasteiger partial charge in [0.2, 0.25) is 0 Å². The maximum absolute atomic E-state index is 10.9. The molecule has 6 aromatic rings. The van der Waals surface area contributed by atoms with E-state index in [-0.39, 0.29) is 34.1 Å². The third-order valence-electron chi connectivity index (χ3n) is 6.22. The summed E-state index contributed by atoms with van der Waals surface area (Å²) in [6, 6.07) is 32.6. The van der Waals surface area contributed by atoms with E-state index in [0.29, 0.717) is 0 Å². The maximum atomic E-state index is 10.9. The van der Waals surface area contributed by atoms with Gasteiger partial charge in [-0.1, -0.05) is 91.0 Å². The summed E-state index contributed by atoms with van der Waals surface area (Å²) >= 11 is 6.38. The van der Waals surface area contributed by atoms with E-state index in [4.69, 9.17) is 0 Å². The van der Waals surface area contributed by atoms with Crippen molar-refractivity contribution < 1.29 is 29.7 Å². The van der Waals surface area contributed by atoms with Crippen LogP contribution in [0.3, 0.4) is 0 Å². The quantitative estimate of drug-likeness (QED) is 0.181. The van der Waals surface area contributed by atoms with Crippen LogP contribution < -0.4 is 15.3 Å². The average Bonchev–Trinajstić information content (AvgIpc) is 2.97. The molecule has 0 N–H and O–H groups in total. The fraction of sp³-hybridized carbons (Fsp3) is 0. The largest absolute Gasteiger partial charge is 3.00 e. The molecule has 0 aliphatic carbocycles. The molecule has 0 spiro atoms. The van der Waals surface area contributed by atoms with Crippen molar-refractivity contribution in [3.63, 3.8) is 0 Å². The van der Waals surface area contributed by atoms with E-state index in [1.807, 2.05) is 72.8 Å². The third kappa shape index (κ3) is 8.24. The van der Waals surface area contributed by atoms with Crippen molar-refractivity contribution in [3.05, 3.63) is 137 Å². The summed E-state index contributed by atoms with van der Waals surface area (Å²) in [6.45, 7) is 0. The number of hydrogen-bond donors (Lipinski definition) is 0. The molecule has 6 nitrogen and oxygen atoms in total. The van der Waals surface area contributed by atoms with E-state index in [1.165, 1.54) is 0 Å². The van der Waals surface area contributed by atoms with Crippen LogP contribution in [0.5, 0.6) is 0 Å². The zero-order valence-electron chi connectivity index (χ0n) is 22.1. The van der Waals surface area contributed by atoms with E-state index >= 15 is 0 Å². The molecular formula is C33H18AlI3O6. The van der Waals surface area contributed by atoms with Crippen molar-refractivity contribution in [2.45, 2.75) is 0 Å². The van der Waals surface area contributed by atoms with Crippen LogP contribution in [0, 0.1) is 10.7 Å². The number of hydrogen-bond acceptors (Lipinski definition) is 6. The zero-order chi connectivity index (χ0) is 30.4. The first kappa shape index (κ1) is 34.7. The molecule has 0 heterocycles. The van der Waals surface area contributed by atoms with Crippen molar-refractivity contribution >= 4 is 135 Å². The van der Waals surface area contributed by atoms with Gasteiger partial charge in [0.25, 0.3) is 0 Å². The van der Waals surface area contributed by atoms with Crippen LogP contribution in [0.1, 0.15) is 31.1 Å². The molecule has 0 aliphatic rings. The molecule has 0 atom stereocenters. The van der Waals surface area contributed by atoms with E-state index in [1.54, 1.807) is 36.4 Å². The van der Waals surface area contributed by atoms with Crippen molar-refractivity contribution in [1.82, 2.24) is 0 Å². The number of carboxylic acids is 3. The minimum Gasteiger partial charge on any atom is -0.545 e. The molecule has 0 aromatic heterocycles. The first-order valence-corrected chi connectivity index (χ1v) is 15.5. The number of benzene rings is 6. The van der Waals surface area contributed by atoms with Gasteiger partial charge in [-0.15, -0.1) is 0 Å². The predicted octanol–water partition coefficient (Wildman–Crippen LogP) is 5.04. The topological polar surface area (TPSA) is 120 Å². The molecule has 43 heavy (non-hydrogen) atoms. The van der Waals surface area contributed by atoms with Gasteiger partial charge in [0.05, 0.1) is 17.9 Å². The fourth-order valence-electron chi connectivity index (χ4n) is 4.40. The van der Waals surface area contributed by atoms with E-state index in [2.05, 4.69) is 67.8 Å². The summed E-state index contributed by atoms with van der Waals surface area (Å²) in [4.78, 5) is 32.6. The molecule has 0 radical (unpaired) electrons. The van der Waals surface area contributed by atoms with Gasteiger partial charge < -0.3 is 29.7 Å². The molecule has 0 aliphatic heterocycles. The summed E-state index contributed by atoms with van der Waals surface area (Å²) in [7, 11) is 0. The first-order chi connectivity index (χ1) is 20.1. The Morgan fingerprint density at radius 3 is 0.814 bits per heavy atom. The standard InChI is InChI=1S/3C11H7IO2.Al/c3*12-9-6-2-4-7-3-1-5-8(10(7)9)11(13)14;/h3*1-6H,(H,13,14);/q;;;+3/p-3. The molecule has 0 saturated heterocycles. The SMILES string of the molecule is O=C([O-])c1cccc2cccc(I)c12.O=C([O-])c1cccc2cccc(I)c12.O=C([O-])c1cccc2cccc(I)c12.[Al+3]. The summed E-state index contributed by atoms with van der Waals surface area (Å²) in [6.07, 6.45) is 0. The number of carboxylic acid groups (broad SMARTS) is 3. The summed E-state index contributed by atoms with van der Waals surface area (Å²) in [5.74, 6) is -3.38. The molecule has 0 fully saturated rings. The van der Waals surface area contributed by atoms with Crippen molar-refractivity contribution in [2.24, 2.45) is 0 Å². The maximum Gasteiger partial charge on any atom is 3.00 e. The number of fused-ring (bicyclic) bond motifs is 3. The van der Waals surface area contributed by atoms with Gasteiger partial charge in [-0.05, 0) is 102 Å². The summed E-state index contributed by atoms with van der Waals surface area (Å²) in [5.41, 5.74) is 0.771. The second-order valence-corrected chi connectivity index (χ2v) is 12.3. The van der Waals surface area contributed by atoms with Gasteiger partial charge in [0.15, 0.2) is 0 Å². The molecule has 10 heteroatoms. The van der Waals surface area contributed by atoms with Gasteiger partial charge in [0.1, 0.15) is 0 Å². The van der Waals surface area contributed by atoms with Gasteiger partial charge in [-0.2, -0.15) is 0 Å². The van der Waals surface area contributed by atoms with E-state index in [0.717, 1.165) is 43.0 Å². The third-order valence-corrected chi connectivity index (χ3v) is 8.92. The summed E-state index contributed by atoms with van der Waals surface area (Å²) < 4.78 is 2.79. The molecule has 0 saturated carbocycles. The van der Waals surface area contributed by atoms with Crippen LogP contribution in [0.4, 0.5) is 0 Å². The Labute approximate surface area is 298 Å². The minimum absolute atomic E-state index is 0. The Morgan fingerprint density at radius 2 is 0.605 bits per heavy atom. The molecule has 6 aromatic carbocycles. The van der Waals surface area contributed by atoms with E-state index < -0.39 is 17.9 Å². The van der Waals surface area contributed by atoms with Gasteiger partial charge in [-0.3, -0.25) is 0 Å². The van der Waals surface area contributed by atoms with Crippen LogP contribution in [0.25, 0.3) is 32.3 Å². The number of rotatable bonds is 3. The molecule has 0 bridgehead atoms. The monoisotopic (exact) mass is 918 g/mol. The Hall–Kier alpha value is -2.77. The Balaban J connectivity index is 0.000000175. The Kier molecular flexibility index (Phi) is 12.8. The van der Waals surface area contributed by atoms with Crippen LogP contribution in [0.15, 0.2) is 109 Å². The second kappa shape index (κ2) is 15.8. The van der Waals surface area contributed by atoms with E-state index in [9.17, 15) is 29.7 Å². The number of aromatic carboxylic acids is 3. The number of carbonyl (C=O) groups is 3. The normalized spacial score (nSPS) is 10.1. The molecule has 0 unspecified atom stereocenters. The number of carbonyl (C=O) groups excluding carboxylic acids is 3. The zero-order valence-corrected chi connectivity index (χ0v) is 29.7.